The number of thioether (sulfide) groups is 1. The number of hydrogen-bond acceptors (Lipinski definition) is 4. The first-order valence-electron chi connectivity index (χ1n) is 6.50. The van der Waals surface area contributed by atoms with Crippen molar-refractivity contribution in [2.24, 2.45) is 12.5 Å². The summed E-state index contributed by atoms with van der Waals surface area (Å²) in [7, 11) is 1.92. The molecule has 0 saturated carbocycles. The second kappa shape index (κ2) is 5.79. The molecule has 0 N–H and O–H groups in total. The predicted octanol–water partition coefficient (Wildman–Crippen LogP) is 3.19. The van der Waals surface area contributed by atoms with Gasteiger partial charge in [-0.1, -0.05) is 62.9 Å². The monoisotopic (exact) mass is 289 g/mol. The lowest BCUT2D eigenvalue weighted by Gasteiger charge is -2.15. The molecular formula is C15H19N3OS. The van der Waals surface area contributed by atoms with Crippen LogP contribution in [0.5, 0.6) is 0 Å². The van der Waals surface area contributed by atoms with Gasteiger partial charge in [-0.05, 0) is 0 Å². The molecule has 0 aliphatic heterocycles. The molecule has 0 aliphatic carbocycles. The lowest BCUT2D eigenvalue weighted by atomic mass is 9.92. The van der Waals surface area contributed by atoms with Gasteiger partial charge in [0.1, 0.15) is 5.78 Å². The molecule has 0 bridgehead atoms. The van der Waals surface area contributed by atoms with E-state index in [2.05, 4.69) is 10.2 Å². The summed E-state index contributed by atoms with van der Waals surface area (Å²) in [5.74, 6) is 1.45. The van der Waals surface area contributed by atoms with Crippen molar-refractivity contribution in [3.05, 3.63) is 30.3 Å². The number of rotatable bonds is 4. The standard InChI is InChI=1S/C15H19N3OS/c1-15(2,3)12(19)10-20-14-17-16-13(18(14)4)11-8-6-5-7-9-11/h5-9H,10H2,1-4H3. The second-order valence-corrected chi connectivity index (χ2v) is 6.64. The van der Waals surface area contributed by atoms with Gasteiger partial charge in [0.2, 0.25) is 0 Å². The van der Waals surface area contributed by atoms with E-state index in [1.54, 1.807) is 0 Å². The van der Waals surface area contributed by atoms with Gasteiger partial charge in [0.25, 0.3) is 0 Å². The summed E-state index contributed by atoms with van der Waals surface area (Å²) < 4.78 is 1.93. The summed E-state index contributed by atoms with van der Waals surface area (Å²) in [5, 5.41) is 9.14. The summed E-state index contributed by atoms with van der Waals surface area (Å²) in [6, 6.07) is 9.91. The van der Waals surface area contributed by atoms with E-state index in [1.165, 1.54) is 11.8 Å². The van der Waals surface area contributed by atoms with Crippen LogP contribution in [0.25, 0.3) is 11.4 Å². The van der Waals surface area contributed by atoms with Crippen LogP contribution in [0.15, 0.2) is 35.5 Å². The number of carbonyl (C=O) groups excluding carboxylic acids is 1. The van der Waals surface area contributed by atoms with Gasteiger partial charge in [0, 0.05) is 18.0 Å². The van der Waals surface area contributed by atoms with Crippen molar-refractivity contribution in [3.8, 4) is 11.4 Å². The molecule has 4 nitrogen and oxygen atoms in total. The fourth-order valence-corrected chi connectivity index (χ4v) is 2.70. The van der Waals surface area contributed by atoms with E-state index in [0.29, 0.717) is 5.75 Å². The zero-order valence-corrected chi connectivity index (χ0v) is 13.1. The van der Waals surface area contributed by atoms with Crippen molar-refractivity contribution in [2.45, 2.75) is 25.9 Å². The fourth-order valence-electron chi connectivity index (χ4n) is 1.63. The van der Waals surface area contributed by atoms with Gasteiger partial charge in [-0.25, -0.2) is 0 Å². The first-order valence-corrected chi connectivity index (χ1v) is 7.49. The van der Waals surface area contributed by atoms with Crippen LogP contribution >= 0.6 is 11.8 Å². The van der Waals surface area contributed by atoms with Crippen LogP contribution in [0.1, 0.15) is 20.8 Å². The van der Waals surface area contributed by atoms with Crippen molar-refractivity contribution in [3.63, 3.8) is 0 Å². The van der Waals surface area contributed by atoms with Crippen LogP contribution in [0.4, 0.5) is 0 Å². The minimum Gasteiger partial charge on any atom is -0.305 e. The minimum absolute atomic E-state index is 0.215. The molecule has 2 rings (SSSR count). The molecule has 0 fully saturated rings. The number of hydrogen-bond donors (Lipinski definition) is 0. The van der Waals surface area contributed by atoms with E-state index in [9.17, 15) is 4.79 Å². The summed E-state index contributed by atoms with van der Waals surface area (Å²) in [6.07, 6.45) is 0. The molecule has 0 unspecified atom stereocenters. The Hall–Kier alpha value is -1.62. The van der Waals surface area contributed by atoms with E-state index in [-0.39, 0.29) is 11.2 Å². The average Bonchev–Trinajstić information content (AvgIpc) is 2.77. The predicted molar refractivity (Wildman–Crippen MR) is 81.6 cm³/mol. The summed E-state index contributed by atoms with van der Waals surface area (Å²) >= 11 is 1.44. The summed E-state index contributed by atoms with van der Waals surface area (Å²) in [5.41, 5.74) is 0.713. The van der Waals surface area contributed by atoms with Crippen molar-refractivity contribution in [2.75, 3.05) is 5.75 Å². The first kappa shape index (κ1) is 14.8. The molecule has 1 aromatic heterocycles. The number of Topliss-reactive ketones (excluding diaryl/α,β-unsaturated/α-hetero) is 1. The maximum atomic E-state index is 11.9. The van der Waals surface area contributed by atoms with Gasteiger partial charge in [-0.15, -0.1) is 10.2 Å². The van der Waals surface area contributed by atoms with E-state index in [1.807, 2.05) is 62.7 Å². The highest BCUT2D eigenvalue weighted by molar-refractivity contribution is 7.99. The van der Waals surface area contributed by atoms with Crippen molar-refractivity contribution in [1.29, 1.82) is 0 Å². The zero-order valence-electron chi connectivity index (χ0n) is 12.3. The Kier molecular flexibility index (Phi) is 4.28. The maximum Gasteiger partial charge on any atom is 0.191 e. The molecular weight excluding hydrogens is 270 g/mol. The van der Waals surface area contributed by atoms with Gasteiger partial charge in [0.15, 0.2) is 11.0 Å². The molecule has 2 aromatic rings. The van der Waals surface area contributed by atoms with Crippen LogP contribution in [0, 0.1) is 5.41 Å². The number of aromatic nitrogens is 3. The lowest BCUT2D eigenvalue weighted by molar-refractivity contribution is -0.123. The SMILES string of the molecule is Cn1c(SCC(=O)C(C)(C)C)nnc1-c1ccccc1. The molecule has 5 heteroatoms. The Bertz CT molecular complexity index is 599. The fraction of sp³-hybridized carbons (Fsp3) is 0.400. The Morgan fingerprint density at radius 3 is 2.45 bits per heavy atom. The number of ketones is 1. The number of nitrogens with zero attached hydrogens (tertiary/aromatic N) is 3. The van der Waals surface area contributed by atoms with E-state index >= 15 is 0 Å². The lowest BCUT2D eigenvalue weighted by Crippen LogP contribution is -2.22. The third kappa shape index (κ3) is 3.28. The van der Waals surface area contributed by atoms with E-state index in [0.717, 1.165) is 16.5 Å². The average molecular weight is 289 g/mol. The summed E-state index contributed by atoms with van der Waals surface area (Å²) in [6.45, 7) is 5.80. The third-order valence-corrected chi connectivity index (χ3v) is 4.06. The van der Waals surface area contributed by atoms with Crippen LogP contribution in [0.3, 0.4) is 0 Å². The summed E-state index contributed by atoms with van der Waals surface area (Å²) in [4.78, 5) is 11.9. The molecule has 106 valence electrons. The van der Waals surface area contributed by atoms with Crippen LogP contribution in [-0.2, 0) is 11.8 Å². The normalized spacial score (nSPS) is 11.6. The molecule has 0 atom stereocenters. The van der Waals surface area contributed by atoms with Crippen molar-refractivity contribution in [1.82, 2.24) is 14.8 Å². The highest BCUT2D eigenvalue weighted by atomic mass is 32.2. The second-order valence-electron chi connectivity index (χ2n) is 5.69. The van der Waals surface area contributed by atoms with Gasteiger partial charge in [-0.3, -0.25) is 4.79 Å². The number of carbonyl (C=O) groups is 1. The molecule has 1 aromatic carbocycles. The zero-order chi connectivity index (χ0) is 14.8. The van der Waals surface area contributed by atoms with Gasteiger partial charge < -0.3 is 4.57 Å². The van der Waals surface area contributed by atoms with E-state index < -0.39 is 0 Å². The maximum absolute atomic E-state index is 11.9. The number of benzene rings is 1. The molecule has 0 spiro atoms. The van der Waals surface area contributed by atoms with E-state index in [4.69, 9.17) is 0 Å². The highest BCUT2D eigenvalue weighted by Gasteiger charge is 2.22. The molecule has 0 aliphatic rings. The third-order valence-electron chi connectivity index (χ3n) is 3.04. The first-order chi connectivity index (χ1) is 9.39. The molecule has 0 radical (unpaired) electrons. The molecule has 0 amide bonds. The Morgan fingerprint density at radius 1 is 1.20 bits per heavy atom. The Balaban J connectivity index is 2.12. The minimum atomic E-state index is -0.312. The Morgan fingerprint density at radius 2 is 1.85 bits per heavy atom. The van der Waals surface area contributed by atoms with Gasteiger partial charge in [-0.2, -0.15) is 0 Å². The molecule has 0 saturated heterocycles. The van der Waals surface area contributed by atoms with Crippen molar-refractivity contribution >= 4 is 17.5 Å². The smallest absolute Gasteiger partial charge is 0.191 e. The molecule has 1 heterocycles. The Labute approximate surface area is 123 Å². The van der Waals surface area contributed by atoms with Crippen LogP contribution in [-0.4, -0.2) is 26.3 Å². The quantitative estimate of drug-likeness (QED) is 0.811. The molecule has 20 heavy (non-hydrogen) atoms. The van der Waals surface area contributed by atoms with Crippen molar-refractivity contribution < 1.29 is 4.79 Å². The van der Waals surface area contributed by atoms with Gasteiger partial charge >= 0.3 is 0 Å². The highest BCUT2D eigenvalue weighted by Crippen LogP contribution is 2.25. The van der Waals surface area contributed by atoms with Gasteiger partial charge in [0.05, 0.1) is 5.75 Å². The van der Waals surface area contributed by atoms with Crippen LogP contribution < -0.4 is 0 Å². The van der Waals surface area contributed by atoms with Crippen LogP contribution in [0.2, 0.25) is 0 Å². The topological polar surface area (TPSA) is 47.8 Å². The largest absolute Gasteiger partial charge is 0.305 e.